The Hall–Kier alpha value is -1.24. The molecule has 106 valence electrons. The van der Waals surface area contributed by atoms with Crippen LogP contribution in [0.1, 0.15) is 17.2 Å². The molecule has 6 heteroatoms. The molecule has 0 aliphatic carbocycles. The van der Waals surface area contributed by atoms with E-state index >= 15 is 0 Å². The number of benzene rings is 2. The molecule has 2 rings (SSSR count). The quantitative estimate of drug-likeness (QED) is 0.917. The van der Waals surface area contributed by atoms with Crippen molar-refractivity contribution in [2.75, 3.05) is 6.26 Å². The number of sulfone groups is 1. The summed E-state index contributed by atoms with van der Waals surface area (Å²) in [4.78, 5) is 0.134. The van der Waals surface area contributed by atoms with Gasteiger partial charge in [-0.25, -0.2) is 12.8 Å². The molecule has 2 aromatic carbocycles. The van der Waals surface area contributed by atoms with Crippen molar-refractivity contribution in [2.24, 2.45) is 0 Å². The van der Waals surface area contributed by atoms with Crippen molar-refractivity contribution in [3.05, 3.63) is 63.9 Å². The van der Waals surface area contributed by atoms with Crippen LogP contribution in [0.2, 0.25) is 0 Å². The van der Waals surface area contributed by atoms with Crippen molar-refractivity contribution in [2.45, 2.75) is 11.0 Å². The first kappa shape index (κ1) is 15.2. The molecule has 1 N–H and O–H groups in total. The Morgan fingerprint density at radius 1 is 1.15 bits per heavy atom. The maximum absolute atomic E-state index is 13.2. The van der Waals surface area contributed by atoms with Crippen LogP contribution in [0.3, 0.4) is 0 Å². The summed E-state index contributed by atoms with van der Waals surface area (Å²) in [6.07, 6.45) is 0.0843. The van der Waals surface area contributed by atoms with Crippen molar-refractivity contribution in [3.63, 3.8) is 0 Å². The van der Waals surface area contributed by atoms with Crippen LogP contribution >= 0.6 is 15.9 Å². The first-order valence-electron chi connectivity index (χ1n) is 5.72. The zero-order chi connectivity index (χ0) is 14.9. The van der Waals surface area contributed by atoms with Gasteiger partial charge in [0.15, 0.2) is 9.84 Å². The molecule has 1 unspecified atom stereocenters. The predicted molar refractivity (Wildman–Crippen MR) is 77.7 cm³/mol. The molecule has 0 heterocycles. The minimum atomic E-state index is -3.34. The lowest BCUT2D eigenvalue weighted by atomic mass is 10.0. The van der Waals surface area contributed by atoms with Gasteiger partial charge >= 0.3 is 0 Å². The van der Waals surface area contributed by atoms with E-state index in [4.69, 9.17) is 0 Å². The van der Waals surface area contributed by atoms with Crippen molar-refractivity contribution in [1.82, 2.24) is 0 Å². The standard InChI is InChI=1S/C14H12BrFO3S/c1-20(18,19)11-4-2-3-9(7-11)14(17)10-5-6-13(16)12(15)8-10/h2-8,14,17H,1H3. The first-order chi connectivity index (χ1) is 9.29. The molecule has 0 saturated heterocycles. The van der Waals surface area contributed by atoms with E-state index < -0.39 is 21.8 Å². The molecule has 0 radical (unpaired) electrons. The summed E-state index contributed by atoms with van der Waals surface area (Å²) in [6, 6.07) is 10.2. The maximum atomic E-state index is 13.2. The van der Waals surface area contributed by atoms with E-state index in [0.717, 1.165) is 6.26 Å². The van der Waals surface area contributed by atoms with Gasteiger partial charge in [0.2, 0.25) is 0 Å². The van der Waals surface area contributed by atoms with Gasteiger partial charge in [0.25, 0.3) is 0 Å². The highest BCUT2D eigenvalue weighted by Crippen LogP contribution is 2.27. The smallest absolute Gasteiger partial charge is 0.175 e. The van der Waals surface area contributed by atoms with Gasteiger partial charge < -0.3 is 5.11 Å². The lowest BCUT2D eigenvalue weighted by Crippen LogP contribution is -2.03. The van der Waals surface area contributed by atoms with E-state index in [0.29, 0.717) is 11.1 Å². The predicted octanol–water partition coefficient (Wildman–Crippen LogP) is 3.07. The molecular weight excluding hydrogens is 347 g/mol. The topological polar surface area (TPSA) is 54.4 Å². The van der Waals surface area contributed by atoms with Crippen LogP contribution in [0.4, 0.5) is 4.39 Å². The third kappa shape index (κ3) is 3.26. The van der Waals surface area contributed by atoms with Crippen LogP contribution in [0.15, 0.2) is 51.8 Å². The second-order valence-corrected chi connectivity index (χ2v) is 7.29. The van der Waals surface area contributed by atoms with E-state index in [1.54, 1.807) is 12.1 Å². The Balaban J connectivity index is 2.43. The molecule has 0 aliphatic heterocycles. The summed E-state index contributed by atoms with van der Waals surface area (Å²) >= 11 is 3.05. The van der Waals surface area contributed by atoms with Crippen LogP contribution in [0.5, 0.6) is 0 Å². The number of hydrogen-bond donors (Lipinski definition) is 1. The van der Waals surface area contributed by atoms with E-state index in [1.807, 2.05) is 0 Å². The summed E-state index contributed by atoms with van der Waals surface area (Å²) in [5.74, 6) is -0.425. The fourth-order valence-corrected chi connectivity index (χ4v) is 2.86. The zero-order valence-corrected chi connectivity index (χ0v) is 12.9. The normalized spacial score (nSPS) is 13.2. The highest BCUT2D eigenvalue weighted by atomic mass is 79.9. The van der Waals surface area contributed by atoms with Gasteiger partial charge in [-0.05, 0) is 51.3 Å². The van der Waals surface area contributed by atoms with E-state index in [2.05, 4.69) is 15.9 Å². The maximum Gasteiger partial charge on any atom is 0.175 e. The van der Waals surface area contributed by atoms with Gasteiger partial charge in [-0.1, -0.05) is 18.2 Å². The highest BCUT2D eigenvalue weighted by Gasteiger charge is 2.15. The van der Waals surface area contributed by atoms with Crippen molar-refractivity contribution in [1.29, 1.82) is 0 Å². The van der Waals surface area contributed by atoms with Gasteiger partial charge in [-0.15, -0.1) is 0 Å². The Labute approximate surface area is 125 Å². The second-order valence-electron chi connectivity index (χ2n) is 4.42. The zero-order valence-electron chi connectivity index (χ0n) is 10.5. The molecule has 0 amide bonds. The molecule has 0 bridgehead atoms. The van der Waals surface area contributed by atoms with E-state index in [1.165, 1.54) is 30.3 Å². The number of rotatable bonds is 3. The lowest BCUT2D eigenvalue weighted by molar-refractivity contribution is 0.220. The molecule has 0 fully saturated rings. The fraction of sp³-hybridized carbons (Fsp3) is 0.143. The van der Waals surface area contributed by atoms with E-state index in [9.17, 15) is 17.9 Å². The van der Waals surface area contributed by atoms with Gasteiger partial charge in [0.05, 0.1) is 9.37 Å². The summed E-state index contributed by atoms with van der Waals surface area (Å²) in [6.45, 7) is 0. The van der Waals surface area contributed by atoms with Crippen LogP contribution in [0.25, 0.3) is 0 Å². The monoisotopic (exact) mass is 358 g/mol. The second kappa shape index (κ2) is 5.63. The molecule has 0 spiro atoms. The average Bonchev–Trinajstić information content (AvgIpc) is 2.40. The Kier molecular flexibility index (Phi) is 4.27. The average molecular weight is 359 g/mol. The number of aliphatic hydroxyl groups is 1. The van der Waals surface area contributed by atoms with Gasteiger partial charge in [-0.3, -0.25) is 0 Å². The van der Waals surface area contributed by atoms with Crippen molar-refractivity contribution in [3.8, 4) is 0 Å². The highest BCUT2D eigenvalue weighted by molar-refractivity contribution is 9.10. The SMILES string of the molecule is CS(=O)(=O)c1cccc(C(O)c2ccc(F)c(Br)c2)c1. The van der Waals surface area contributed by atoms with Crippen LogP contribution in [-0.2, 0) is 9.84 Å². The van der Waals surface area contributed by atoms with Crippen LogP contribution in [0, 0.1) is 5.82 Å². The number of hydrogen-bond acceptors (Lipinski definition) is 3. The molecule has 0 aliphatic rings. The minimum Gasteiger partial charge on any atom is -0.384 e. The largest absolute Gasteiger partial charge is 0.384 e. The molecule has 0 saturated carbocycles. The molecular formula is C14H12BrFO3S. The lowest BCUT2D eigenvalue weighted by Gasteiger charge is -2.13. The minimum absolute atomic E-state index is 0.134. The van der Waals surface area contributed by atoms with E-state index in [-0.39, 0.29) is 9.37 Å². The Morgan fingerprint density at radius 3 is 2.40 bits per heavy atom. The van der Waals surface area contributed by atoms with Gasteiger partial charge in [-0.2, -0.15) is 0 Å². The summed E-state index contributed by atoms with van der Waals surface area (Å²) in [5.41, 5.74) is 0.912. The van der Waals surface area contributed by atoms with Crippen LogP contribution in [-0.4, -0.2) is 19.8 Å². The summed E-state index contributed by atoms with van der Waals surface area (Å²) in [7, 11) is -3.34. The molecule has 1 atom stereocenters. The molecule has 2 aromatic rings. The first-order valence-corrected chi connectivity index (χ1v) is 8.40. The third-order valence-electron chi connectivity index (χ3n) is 2.86. The fourth-order valence-electron chi connectivity index (χ4n) is 1.79. The third-order valence-corrected chi connectivity index (χ3v) is 4.58. The number of aliphatic hydroxyl groups excluding tert-OH is 1. The summed E-state index contributed by atoms with van der Waals surface area (Å²) < 4.78 is 36.4. The molecule has 0 aromatic heterocycles. The van der Waals surface area contributed by atoms with Gasteiger partial charge in [0.1, 0.15) is 11.9 Å². The molecule has 20 heavy (non-hydrogen) atoms. The van der Waals surface area contributed by atoms with Crippen molar-refractivity contribution >= 4 is 25.8 Å². The molecule has 3 nitrogen and oxygen atoms in total. The Bertz CT molecular complexity index is 744. The Morgan fingerprint density at radius 2 is 1.80 bits per heavy atom. The van der Waals surface area contributed by atoms with Gasteiger partial charge in [0, 0.05) is 6.26 Å². The van der Waals surface area contributed by atoms with Crippen molar-refractivity contribution < 1.29 is 17.9 Å². The summed E-state index contributed by atoms with van der Waals surface area (Å²) in [5, 5.41) is 10.3. The van der Waals surface area contributed by atoms with Crippen LogP contribution < -0.4 is 0 Å². The number of halogens is 2.